The van der Waals surface area contributed by atoms with E-state index >= 15 is 0 Å². The number of nitrogens with zero attached hydrogens (tertiary/aromatic N) is 4. The summed E-state index contributed by atoms with van der Waals surface area (Å²) in [6, 6.07) is 22.8. The Morgan fingerprint density at radius 2 is 1.83 bits per heavy atom. The number of benzene rings is 3. The molecule has 1 spiro atoms. The number of amides is 3. The van der Waals surface area contributed by atoms with Crippen molar-refractivity contribution in [2.24, 2.45) is 11.8 Å². The van der Waals surface area contributed by atoms with Crippen LogP contribution in [0.2, 0.25) is 0 Å². The summed E-state index contributed by atoms with van der Waals surface area (Å²) in [5, 5.41) is 25.0. The fourth-order valence-corrected chi connectivity index (χ4v) is 9.74. The Balaban J connectivity index is 1.19. The van der Waals surface area contributed by atoms with E-state index in [4.69, 9.17) is 4.74 Å². The van der Waals surface area contributed by atoms with Gasteiger partial charge in [-0.05, 0) is 68.1 Å². The smallest absolute Gasteiger partial charge is 0.245 e. The molecule has 6 atom stereocenters. The lowest BCUT2D eigenvalue weighted by Crippen LogP contribution is -2.57. The van der Waals surface area contributed by atoms with Gasteiger partial charge in [0, 0.05) is 10.9 Å². The molecular weight excluding hydrogens is 604 g/mol. The number of hydrogen-bond donors (Lipinski definition) is 3. The van der Waals surface area contributed by atoms with Crippen molar-refractivity contribution in [3.05, 3.63) is 84.4 Å². The molecule has 0 aliphatic carbocycles. The molecule has 3 amide bonds. The van der Waals surface area contributed by atoms with E-state index in [0.717, 1.165) is 11.1 Å². The number of hydrogen-bond acceptors (Lipinski definition) is 8. The quantitative estimate of drug-likeness (QED) is 0.227. The van der Waals surface area contributed by atoms with E-state index in [-0.39, 0.29) is 36.2 Å². The highest BCUT2D eigenvalue weighted by Gasteiger charge is 2.74. The van der Waals surface area contributed by atoms with Gasteiger partial charge in [-0.25, -0.2) is 4.68 Å². The number of aliphatic hydroxyl groups excluding tert-OH is 1. The third-order valence-electron chi connectivity index (χ3n) is 9.46. The molecule has 238 valence electrons. The molecule has 11 nitrogen and oxygen atoms in total. The normalized spacial score (nSPS) is 25.4. The van der Waals surface area contributed by atoms with Crippen molar-refractivity contribution in [1.82, 2.24) is 25.2 Å². The van der Waals surface area contributed by atoms with Gasteiger partial charge in [-0.3, -0.25) is 14.4 Å². The Labute approximate surface area is 270 Å². The van der Waals surface area contributed by atoms with Crippen LogP contribution in [0.25, 0.3) is 11.0 Å². The number of aromatic nitrogens is 3. The summed E-state index contributed by atoms with van der Waals surface area (Å²) in [5.41, 5.74) is 3.04. The molecule has 0 radical (unpaired) electrons. The maximum absolute atomic E-state index is 14.6. The zero-order valence-electron chi connectivity index (χ0n) is 25.4. The second kappa shape index (κ2) is 12.4. The first-order valence-electron chi connectivity index (χ1n) is 15.7. The van der Waals surface area contributed by atoms with Crippen LogP contribution in [-0.4, -0.2) is 78.0 Å². The van der Waals surface area contributed by atoms with Crippen molar-refractivity contribution in [3.8, 4) is 5.75 Å². The number of anilines is 1. The van der Waals surface area contributed by atoms with Gasteiger partial charge in [-0.15, -0.1) is 16.9 Å². The maximum Gasteiger partial charge on any atom is 0.245 e. The van der Waals surface area contributed by atoms with E-state index in [1.165, 1.54) is 0 Å². The van der Waals surface area contributed by atoms with Gasteiger partial charge in [0.15, 0.2) is 0 Å². The van der Waals surface area contributed by atoms with Crippen LogP contribution in [0, 0.1) is 11.8 Å². The van der Waals surface area contributed by atoms with Crippen molar-refractivity contribution in [1.29, 1.82) is 0 Å². The number of ether oxygens (including phenoxy) is 1. The van der Waals surface area contributed by atoms with E-state index < -0.39 is 28.7 Å². The fraction of sp³-hybridized carbons (Fsp3) is 0.382. The van der Waals surface area contributed by atoms with Crippen LogP contribution in [0.5, 0.6) is 5.75 Å². The van der Waals surface area contributed by atoms with Crippen molar-refractivity contribution < 1.29 is 24.2 Å². The Morgan fingerprint density at radius 1 is 1.07 bits per heavy atom. The molecule has 12 heteroatoms. The summed E-state index contributed by atoms with van der Waals surface area (Å²) in [7, 11) is 0. The van der Waals surface area contributed by atoms with Crippen LogP contribution >= 0.6 is 11.8 Å². The Kier molecular flexibility index (Phi) is 8.16. The Bertz CT molecular complexity index is 1750. The summed E-state index contributed by atoms with van der Waals surface area (Å²) < 4.78 is 6.34. The van der Waals surface area contributed by atoms with Gasteiger partial charge in [-0.1, -0.05) is 47.7 Å². The molecule has 3 N–H and O–H groups in total. The van der Waals surface area contributed by atoms with Crippen LogP contribution < -0.4 is 15.4 Å². The summed E-state index contributed by atoms with van der Waals surface area (Å²) >= 11 is 1.59. The maximum atomic E-state index is 14.6. The largest absolute Gasteiger partial charge is 0.494 e. The lowest BCUT2D eigenvalue weighted by molar-refractivity contribution is -0.142. The van der Waals surface area contributed by atoms with E-state index in [1.807, 2.05) is 61.5 Å². The minimum Gasteiger partial charge on any atom is -0.494 e. The molecule has 1 aromatic heterocycles. The number of carbonyl (C=O) groups excluding carboxylic acids is 3. The first-order chi connectivity index (χ1) is 22.4. The highest BCUT2D eigenvalue weighted by atomic mass is 32.2. The molecule has 3 aliphatic heterocycles. The van der Waals surface area contributed by atoms with Crippen molar-refractivity contribution in [2.45, 2.75) is 54.9 Å². The average Bonchev–Trinajstić information content (AvgIpc) is 3.83. The van der Waals surface area contributed by atoms with Crippen LogP contribution in [0.1, 0.15) is 25.3 Å². The van der Waals surface area contributed by atoms with Gasteiger partial charge in [0.05, 0.1) is 41.4 Å². The van der Waals surface area contributed by atoms with Crippen LogP contribution in [0.4, 0.5) is 5.69 Å². The summed E-state index contributed by atoms with van der Waals surface area (Å²) in [4.78, 5) is 44.4. The van der Waals surface area contributed by atoms with Crippen LogP contribution in [-0.2, 0) is 27.5 Å². The lowest BCUT2D eigenvalue weighted by atomic mass is 9.70. The molecule has 3 fully saturated rings. The van der Waals surface area contributed by atoms with E-state index in [9.17, 15) is 19.5 Å². The van der Waals surface area contributed by atoms with Gasteiger partial charge in [-0.2, -0.15) is 0 Å². The highest BCUT2D eigenvalue weighted by Crippen LogP contribution is 2.66. The molecule has 4 aromatic rings. The SMILES string of the molecule is CCOc1ccc(NC(=O)[C@@H]2[C@@H]3CCC4(S3)C(C(=O)NCn3nnc5ccccc53)N([C@@H](CO)Cc3ccccc3)C(=O)[C@H]24)cc1. The first-order valence-corrected chi connectivity index (χ1v) is 16.6. The number of likely N-dealkylation sites (tertiary alicyclic amines) is 1. The standard InChI is InChI=1S/C34H36N6O5S/c1-2-45-24-14-12-22(13-15-24)36-31(42)28-27-16-17-34(46-27)29(28)33(44)40(23(19-41)18-21-8-4-3-5-9-21)30(34)32(43)35-20-39-26-11-7-6-10-25(26)37-38-39/h3-15,23,27-30,41H,2,16-20H2,1H3,(H,35,43)(H,36,42)/t23-,27+,28-,29+,30?,34?/m1/s1. The summed E-state index contributed by atoms with van der Waals surface area (Å²) in [5.74, 6) is -1.44. The molecule has 2 bridgehead atoms. The van der Waals surface area contributed by atoms with Crippen LogP contribution in [0.15, 0.2) is 78.9 Å². The van der Waals surface area contributed by atoms with E-state index in [0.29, 0.717) is 42.8 Å². The third-order valence-corrected chi connectivity index (χ3v) is 11.4. The third kappa shape index (κ3) is 5.19. The van der Waals surface area contributed by atoms with Gasteiger partial charge in [0.1, 0.15) is 24.0 Å². The molecular formula is C34H36N6O5S. The van der Waals surface area contributed by atoms with Gasteiger partial charge < -0.3 is 25.4 Å². The fourth-order valence-electron chi connectivity index (χ4n) is 7.53. The Morgan fingerprint density at radius 3 is 2.59 bits per heavy atom. The Hall–Kier alpha value is -4.42. The molecule has 2 unspecified atom stereocenters. The monoisotopic (exact) mass is 640 g/mol. The average molecular weight is 641 g/mol. The molecule has 7 rings (SSSR count). The number of fused-ring (bicyclic) bond motifs is 2. The molecule has 3 aliphatic rings. The topological polar surface area (TPSA) is 139 Å². The molecule has 3 aromatic carbocycles. The van der Waals surface area contributed by atoms with Gasteiger partial charge in [0.2, 0.25) is 17.7 Å². The molecule has 4 heterocycles. The number of thioether (sulfide) groups is 1. The summed E-state index contributed by atoms with van der Waals surface area (Å²) in [6.45, 7) is 2.19. The number of aliphatic hydroxyl groups is 1. The number of para-hydroxylation sites is 1. The first kappa shape index (κ1) is 30.2. The van der Waals surface area contributed by atoms with E-state index in [1.54, 1.807) is 45.6 Å². The highest BCUT2D eigenvalue weighted by molar-refractivity contribution is 8.02. The van der Waals surface area contributed by atoms with Crippen molar-refractivity contribution in [3.63, 3.8) is 0 Å². The van der Waals surface area contributed by atoms with Gasteiger partial charge >= 0.3 is 0 Å². The molecule has 3 saturated heterocycles. The second-order valence-corrected chi connectivity index (χ2v) is 13.7. The summed E-state index contributed by atoms with van der Waals surface area (Å²) in [6.07, 6.45) is 1.71. The van der Waals surface area contributed by atoms with E-state index in [2.05, 4.69) is 20.9 Å². The zero-order chi connectivity index (χ0) is 31.8. The lowest BCUT2D eigenvalue weighted by Gasteiger charge is -2.37. The molecule has 46 heavy (non-hydrogen) atoms. The van der Waals surface area contributed by atoms with Crippen LogP contribution in [0.3, 0.4) is 0 Å². The van der Waals surface area contributed by atoms with Crippen molar-refractivity contribution >= 4 is 46.2 Å². The second-order valence-electron chi connectivity index (χ2n) is 12.1. The number of nitrogens with one attached hydrogen (secondary N) is 2. The predicted octanol–water partition coefficient (Wildman–Crippen LogP) is 3.24. The minimum absolute atomic E-state index is 0.0663. The minimum atomic E-state index is -0.876. The van der Waals surface area contributed by atoms with Gasteiger partial charge in [0.25, 0.3) is 0 Å². The number of rotatable bonds is 11. The predicted molar refractivity (Wildman–Crippen MR) is 174 cm³/mol. The zero-order valence-corrected chi connectivity index (χ0v) is 26.2. The number of carbonyl (C=O) groups is 3. The van der Waals surface area contributed by atoms with Crippen molar-refractivity contribution in [2.75, 3.05) is 18.5 Å². The molecule has 0 saturated carbocycles.